The van der Waals surface area contributed by atoms with Crippen LogP contribution >= 0.6 is 0 Å². The molecule has 0 radical (unpaired) electrons. The van der Waals surface area contributed by atoms with Crippen molar-refractivity contribution < 1.29 is 4.79 Å². The predicted octanol–water partition coefficient (Wildman–Crippen LogP) is 1.93. The van der Waals surface area contributed by atoms with Crippen molar-refractivity contribution >= 4 is 11.7 Å². The normalized spacial score (nSPS) is 18.3. The molecule has 1 aromatic rings. The Morgan fingerprint density at radius 3 is 2.62 bits per heavy atom. The van der Waals surface area contributed by atoms with Crippen molar-refractivity contribution in [2.24, 2.45) is 5.73 Å². The molecular weight excluding hydrogens is 202 g/mol. The molecule has 1 aliphatic carbocycles. The number of aromatic nitrogens is 1. The van der Waals surface area contributed by atoms with E-state index in [4.69, 9.17) is 5.73 Å². The maximum Gasteiger partial charge on any atom is 0.250 e. The number of carbonyl (C=O) groups excluding carboxylic acids is 1. The smallest absolute Gasteiger partial charge is 0.250 e. The number of amides is 1. The minimum absolute atomic E-state index is 0.154. The number of hydrogen-bond acceptors (Lipinski definition) is 3. The highest BCUT2D eigenvalue weighted by Gasteiger charge is 2.28. The number of primary amides is 1. The van der Waals surface area contributed by atoms with E-state index in [1.807, 2.05) is 6.07 Å². The van der Waals surface area contributed by atoms with Crippen LogP contribution in [0.25, 0.3) is 0 Å². The summed E-state index contributed by atoms with van der Waals surface area (Å²) < 4.78 is 0. The van der Waals surface area contributed by atoms with Crippen LogP contribution < -0.4 is 11.1 Å². The lowest BCUT2D eigenvalue weighted by atomic mass is 10.0. The summed E-state index contributed by atoms with van der Waals surface area (Å²) in [5.41, 5.74) is 5.75. The van der Waals surface area contributed by atoms with E-state index < -0.39 is 5.91 Å². The van der Waals surface area contributed by atoms with Gasteiger partial charge in [-0.1, -0.05) is 12.8 Å². The van der Waals surface area contributed by atoms with E-state index in [1.165, 1.54) is 31.9 Å². The minimum atomic E-state index is -0.439. The van der Waals surface area contributed by atoms with E-state index in [9.17, 15) is 4.79 Å². The van der Waals surface area contributed by atoms with Gasteiger partial charge in [0.05, 0.1) is 5.56 Å². The minimum Gasteiger partial charge on any atom is -0.366 e. The summed E-state index contributed by atoms with van der Waals surface area (Å²) in [6, 6.07) is 3.51. The SMILES string of the molecule is CC1(Nc2ccc(C(N)=O)cn2)CCCC1. The first kappa shape index (κ1) is 10.9. The average molecular weight is 219 g/mol. The fraction of sp³-hybridized carbons (Fsp3) is 0.500. The topological polar surface area (TPSA) is 68.0 Å². The lowest BCUT2D eigenvalue weighted by Gasteiger charge is -2.25. The van der Waals surface area contributed by atoms with E-state index in [-0.39, 0.29) is 5.54 Å². The molecule has 1 saturated carbocycles. The molecule has 86 valence electrons. The molecule has 1 aliphatic rings. The third-order valence-electron chi connectivity index (χ3n) is 3.18. The average Bonchev–Trinajstić information content (AvgIpc) is 2.65. The van der Waals surface area contributed by atoms with Crippen LogP contribution in [0.1, 0.15) is 43.0 Å². The Morgan fingerprint density at radius 2 is 2.12 bits per heavy atom. The summed E-state index contributed by atoms with van der Waals surface area (Å²) in [5, 5.41) is 3.42. The molecule has 4 heteroatoms. The maximum atomic E-state index is 10.9. The highest BCUT2D eigenvalue weighted by molar-refractivity contribution is 5.92. The zero-order valence-electron chi connectivity index (χ0n) is 9.49. The van der Waals surface area contributed by atoms with Gasteiger partial charge in [0, 0.05) is 11.7 Å². The highest BCUT2D eigenvalue weighted by Crippen LogP contribution is 2.31. The molecule has 0 saturated heterocycles. The lowest BCUT2D eigenvalue weighted by molar-refractivity contribution is 0.1000. The van der Waals surface area contributed by atoms with Gasteiger partial charge in [0.15, 0.2) is 0 Å². The first-order valence-corrected chi connectivity index (χ1v) is 5.63. The van der Waals surface area contributed by atoms with Crippen molar-refractivity contribution in [3.63, 3.8) is 0 Å². The van der Waals surface area contributed by atoms with Gasteiger partial charge < -0.3 is 11.1 Å². The van der Waals surface area contributed by atoms with Crippen molar-refractivity contribution in [1.29, 1.82) is 0 Å². The number of nitrogens with two attached hydrogens (primary N) is 1. The van der Waals surface area contributed by atoms with E-state index in [0.29, 0.717) is 5.56 Å². The molecule has 0 aromatic carbocycles. The molecule has 16 heavy (non-hydrogen) atoms. The molecule has 0 aliphatic heterocycles. The molecule has 4 nitrogen and oxygen atoms in total. The summed E-state index contributed by atoms with van der Waals surface area (Å²) in [4.78, 5) is 15.1. The summed E-state index contributed by atoms with van der Waals surface area (Å²) >= 11 is 0. The Labute approximate surface area is 95.3 Å². The second-order valence-corrected chi connectivity index (χ2v) is 4.69. The van der Waals surface area contributed by atoms with Gasteiger partial charge in [-0.05, 0) is 31.9 Å². The van der Waals surface area contributed by atoms with Crippen LogP contribution in [0.15, 0.2) is 18.3 Å². The number of anilines is 1. The Morgan fingerprint density at radius 1 is 1.44 bits per heavy atom. The highest BCUT2D eigenvalue weighted by atomic mass is 16.1. The summed E-state index contributed by atoms with van der Waals surface area (Å²) in [5.74, 6) is 0.375. The molecule has 0 bridgehead atoms. The molecule has 1 fully saturated rings. The van der Waals surface area contributed by atoms with Gasteiger partial charge in [0.25, 0.3) is 0 Å². The molecular formula is C12H17N3O. The number of carbonyl (C=O) groups is 1. The van der Waals surface area contributed by atoms with Crippen LogP contribution in [-0.2, 0) is 0 Å². The van der Waals surface area contributed by atoms with Crippen molar-refractivity contribution in [2.75, 3.05) is 5.32 Å². The first-order valence-electron chi connectivity index (χ1n) is 5.63. The fourth-order valence-corrected chi connectivity index (χ4v) is 2.20. The molecule has 3 N–H and O–H groups in total. The van der Waals surface area contributed by atoms with Gasteiger partial charge in [0.2, 0.25) is 5.91 Å². The molecule has 0 spiro atoms. The van der Waals surface area contributed by atoms with Gasteiger partial charge in [0.1, 0.15) is 5.82 Å². The number of nitrogens with one attached hydrogen (secondary N) is 1. The third-order valence-corrected chi connectivity index (χ3v) is 3.18. The van der Waals surface area contributed by atoms with Gasteiger partial charge in [-0.3, -0.25) is 4.79 Å². The molecule has 1 heterocycles. The van der Waals surface area contributed by atoms with Crippen molar-refractivity contribution in [3.05, 3.63) is 23.9 Å². The number of rotatable bonds is 3. The standard InChI is InChI=1S/C12H17N3O/c1-12(6-2-3-7-12)15-10-5-4-9(8-14-10)11(13)16/h4-5,8H,2-3,6-7H2,1H3,(H2,13,16)(H,14,15). The van der Waals surface area contributed by atoms with Gasteiger partial charge in [-0.25, -0.2) is 4.98 Å². The van der Waals surface area contributed by atoms with Crippen molar-refractivity contribution in [1.82, 2.24) is 4.98 Å². The van der Waals surface area contributed by atoms with Gasteiger partial charge in [-0.15, -0.1) is 0 Å². The van der Waals surface area contributed by atoms with Crippen LogP contribution in [0.2, 0.25) is 0 Å². The summed E-state index contributed by atoms with van der Waals surface area (Å²) in [7, 11) is 0. The quantitative estimate of drug-likeness (QED) is 0.816. The van der Waals surface area contributed by atoms with E-state index in [1.54, 1.807) is 6.07 Å². The van der Waals surface area contributed by atoms with Crippen LogP contribution in [-0.4, -0.2) is 16.4 Å². The Hall–Kier alpha value is -1.58. The Kier molecular flexibility index (Phi) is 2.81. The van der Waals surface area contributed by atoms with Gasteiger partial charge >= 0.3 is 0 Å². The van der Waals surface area contributed by atoms with E-state index in [0.717, 1.165) is 5.82 Å². The number of nitrogens with zero attached hydrogens (tertiary/aromatic N) is 1. The third kappa shape index (κ3) is 2.32. The van der Waals surface area contributed by atoms with Crippen molar-refractivity contribution in [2.45, 2.75) is 38.1 Å². The molecule has 0 unspecified atom stereocenters. The van der Waals surface area contributed by atoms with Gasteiger partial charge in [-0.2, -0.15) is 0 Å². The Bertz CT molecular complexity index is 380. The summed E-state index contributed by atoms with van der Waals surface area (Å²) in [6.07, 6.45) is 6.40. The maximum absolute atomic E-state index is 10.9. The first-order chi connectivity index (χ1) is 7.59. The van der Waals surface area contributed by atoms with Crippen LogP contribution in [0.3, 0.4) is 0 Å². The molecule has 1 aromatic heterocycles. The van der Waals surface area contributed by atoms with Crippen LogP contribution in [0, 0.1) is 0 Å². The monoisotopic (exact) mass is 219 g/mol. The molecule has 1 amide bonds. The molecule has 0 atom stereocenters. The fourth-order valence-electron chi connectivity index (χ4n) is 2.20. The van der Waals surface area contributed by atoms with E-state index >= 15 is 0 Å². The zero-order chi connectivity index (χ0) is 11.6. The number of hydrogen-bond donors (Lipinski definition) is 2. The molecule has 2 rings (SSSR count). The van der Waals surface area contributed by atoms with E-state index in [2.05, 4.69) is 17.2 Å². The second-order valence-electron chi connectivity index (χ2n) is 4.69. The van der Waals surface area contributed by atoms with Crippen LogP contribution in [0.5, 0.6) is 0 Å². The predicted molar refractivity (Wildman–Crippen MR) is 63.3 cm³/mol. The van der Waals surface area contributed by atoms with Crippen molar-refractivity contribution in [3.8, 4) is 0 Å². The Balaban J connectivity index is 2.07. The largest absolute Gasteiger partial charge is 0.366 e. The lowest BCUT2D eigenvalue weighted by Crippen LogP contribution is -2.31. The van der Waals surface area contributed by atoms with Crippen LogP contribution in [0.4, 0.5) is 5.82 Å². The second kappa shape index (κ2) is 4.12. The number of pyridine rings is 1. The summed E-state index contributed by atoms with van der Waals surface area (Å²) in [6.45, 7) is 2.21. The zero-order valence-corrected chi connectivity index (χ0v) is 9.49.